The highest BCUT2D eigenvalue weighted by atomic mass is 16.5. The maximum atomic E-state index is 12.7. The first kappa shape index (κ1) is 14.7. The Balaban J connectivity index is 1.78. The van der Waals surface area contributed by atoms with Gasteiger partial charge in [-0.25, -0.2) is 0 Å². The molecule has 6 heteroatoms. The number of rotatable bonds is 2. The smallest absolute Gasteiger partial charge is 0.257 e. The number of aryl methyl sites for hydroxylation is 3. The van der Waals surface area contributed by atoms with Crippen LogP contribution in [0.5, 0.6) is 0 Å². The lowest BCUT2D eigenvalue weighted by Gasteiger charge is -2.33. The van der Waals surface area contributed by atoms with Crippen LogP contribution < -0.4 is 0 Å². The minimum Gasteiger partial charge on any atom is -0.370 e. The van der Waals surface area contributed by atoms with Crippen molar-refractivity contribution in [2.24, 2.45) is 7.05 Å². The molecule has 0 saturated carbocycles. The van der Waals surface area contributed by atoms with Crippen molar-refractivity contribution in [1.29, 1.82) is 0 Å². The second kappa shape index (κ2) is 5.88. The summed E-state index contributed by atoms with van der Waals surface area (Å²) < 4.78 is 7.50. The van der Waals surface area contributed by atoms with Gasteiger partial charge in [-0.3, -0.25) is 14.5 Å². The fourth-order valence-electron chi connectivity index (χ4n) is 2.78. The summed E-state index contributed by atoms with van der Waals surface area (Å²) in [5.74, 6) is 0.0182. The molecule has 0 N–H and O–H groups in total. The normalized spacial score (nSPS) is 18.5. The molecule has 0 radical (unpaired) electrons. The molecule has 0 spiro atoms. The number of amides is 1. The summed E-state index contributed by atoms with van der Waals surface area (Å²) >= 11 is 0. The Hall–Kier alpha value is -2.21. The molecule has 0 unspecified atom stereocenters. The number of nitrogens with zero attached hydrogens (tertiary/aromatic N) is 4. The van der Waals surface area contributed by atoms with Crippen molar-refractivity contribution >= 4 is 5.91 Å². The van der Waals surface area contributed by atoms with Crippen molar-refractivity contribution < 1.29 is 9.53 Å². The first-order valence-electron chi connectivity index (χ1n) is 7.38. The lowest BCUT2D eigenvalue weighted by Crippen LogP contribution is -2.42. The van der Waals surface area contributed by atoms with Crippen molar-refractivity contribution in [3.8, 4) is 0 Å². The summed E-state index contributed by atoms with van der Waals surface area (Å²) in [7, 11) is 1.83. The topological polar surface area (TPSA) is 60.2 Å². The average Bonchev–Trinajstić information content (AvgIpc) is 2.85. The monoisotopic (exact) mass is 300 g/mol. The van der Waals surface area contributed by atoms with Crippen molar-refractivity contribution in [3.63, 3.8) is 0 Å². The molecule has 1 saturated heterocycles. The molecule has 1 aliphatic rings. The maximum Gasteiger partial charge on any atom is 0.257 e. The Morgan fingerprint density at radius 3 is 2.91 bits per heavy atom. The lowest BCUT2D eigenvalue weighted by atomic mass is 10.1. The lowest BCUT2D eigenvalue weighted by molar-refractivity contribution is -0.0229. The largest absolute Gasteiger partial charge is 0.370 e. The van der Waals surface area contributed by atoms with E-state index in [-0.39, 0.29) is 12.0 Å². The second-order valence-corrected chi connectivity index (χ2v) is 5.64. The van der Waals surface area contributed by atoms with Gasteiger partial charge in [0, 0.05) is 31.7 Å². The van der Waals surface area contributed by atoms with Crippen molar-refractivity contribution in [2.45, 2.75) is 20.0 Å². The van der Waals surface area contributed by atoms with E-state index in [0.717, 1.165) is 17.0 Å². The van der Waals surface area contributed by atoms with Crippen LogP contribution in [0, 0.1) is 13.8 Å². The van der Waals surface area contributed by atoms with Gasteiger partial charge >= 0.3 is 0 Å². The van der Waals surface area contributed by atoms with Crippen LogP contribution in [0.3, 0.4) is 0 Å². The molecule has 0 bridgehead atoms. The van der Waals surface area contributed by atoms with Crippen LogP contribution in [0.1, 0.15) is 33.4 Å². The van der Waals surface area contributed by atoms with Gasteiger partial charge in [-0.1, -0.05) is 0 Å². The molecule has 2 aromatic rings. The van der Waals surface area contributed by atoms with Gasteiger partial charge in [-0.15, -0.1) is 0 Å². The number of carbonyl (C=O) groups is 1. The summed E-state index contributed by atoms with van der Waals surface area (Å²) in [6.45, 7) is 5.51. The van der Waals surface area contributed by atoms with Crippen LogP contribution >= 0.6 is 0 Å². The zero-order valence-electron chi connectivity index (χ0n) is 13.1. The number of carbonyl (C=O) groups excluding carboxylic acids is 1. The molecule has 1 aliphatic heterocycles. The van der Waals surface area contributed by atoms with Gasteiger partial charge in [-0.05, 0) is 31.5 Å². The fraction of sp³-hybridized carbons (Fsp3) is 0.438. The molecule has 6 nitrogen and oxygen atoms in total. The summed E-state index contributed by atoms with van der Waals surface area (Å²) in [4.78, 5) is 18.7. The summed E-state index contributed by atoms with van der Waals surface area (Å²) in [5, 5.41) is 4.25. The fourth-order valence-corrected chi connectivity index (χ4v) is 2.78. The highest BCUT2D eigenvalue weighted by Gasteiger charge is 2.27. The quantitative estimate of drug-likeness (QED) is 0.846. The molecular formula is C16H20N4O2. The van der Waals surface area contributed by atoms with E-state index in [4.69, 9.17) is 4.74 Å². The van der Waals surface area contributed by atoms with E-state index in [9.17, 15) is 4.79 Å². The van der Waals surface area contributed by atoms with Crippen LogP contribution in [-0.2, 0) is 11.8 Å². The predicted molar refractivity (Wildman–Crippen MR) is 81.5 cm³/mol. The van der Waals surface area contributed by atoms with E-state index in [0.29, 0.717) is 25.3 Å². The van der Waals surface area contributed by atoms with Crippen molar-refractivity contribution in [2.75, 3.05) is 19.7 Å². The number of hydrogen-bond acceptors (Lipinski definition) is 4. The third kappa shape index (κ3) is 2.87. The van der Waals surface area contributed by atoms with E-state index in [1.165, 1.54) is 0 Å². The Morgan fingerprint density at radius 1 is 1.41 bits per heavy atom. The van der Waals surface area contributed by atoms with Crippen LogP contribution in [0.25, 0.3) is 0 Å². The molecule has 1 amide bonds. The molecule has 22 heavy (non-hydrogen) atoms. The van der Waals surface area contributed by atoms with Gasteiger partial charge in [0.2, 0.25) is 0 Å². The van der Waals surface area contributed by atoms with Crippen molar-refractivity contribution in [3.05, 3.63) is 47.0 Å². The minimum absolute atomic E-state index is 0.0182. The Kier molecular flexibility index (Phi) is 3.94. The Morgan fingerprint density at radius 2 is 2.23 bits per heavy atom. The number of morpholine rings is 1. The third-order valence-corrected chi connectivity index (χ3v) is 3.89. The van der Waals surface area contributed by atoms with E-state index in [1.807, 2.05) is 37.9 Å². The van der Waals surface area contributed by atoms with Crippen LogP contribution in [0.4, 0.5) is 0 Å². The Bertz CT molecular complexity index is 695. The van der Waals surface area contributed by atoms with Gasteiger partial charge in [0.25, 0.3) is 5.91 Å². The average molecular weight is 300 g/mol. The summed E-state index contributed by atoms with van der Waals surface area (Å²) in [6, 6.07) is 3.95. The molecule has 3 heterocycles. The van der Waals surface area contributed by atoms with Gasteiger partial charge in [0.1, 0.15) is 6.10 Å². The molecule has 2 aromatic heterocycles. The Labute approximate surface area is 129 Å². The number of aromatic nitrogens is 3. The molecule has 0 aliphatic carbocycles. The SMILES string of the molecule is Cc1cc([C@H]2CN(C(=O)c3cn(C)nc3C)CCO2)ccn1. The zero-order chi connectivity index (χ0) is 15.7. The third-order valence-electron chi connectivity index (χ3n) is 3.89. The highest BCUT2D eigenvalue weighted by molar-refractivity contribution is 5.95. The zero-order valence-corrected chi connectivity index (χ0v) is 13.1. The maximum absolute atomic E-state index is 12.7. The minimum atomic E-state index is -0.101. The van der Waals surface area contributed by atoms with E-state index < -0.39 is 0 Å². The second-order valence-electron chi connectivity index (χ2n) is 5.64. The molecule has 3 rings (SSSR count). The van der Waals surface area contributed by atoms with E-state index in [2.05, 4.69) is 10.1 Å². The summed E-state index contributed by atoms with van der Waals surface area (Å²) in [5.41, 5.74) is 3.44. The predicted octanol–water partition coefficient (Wildman–Crippen LogP) is 1.65. The van der Waals surface area contributed by atoms with Gasteiger partial charge in [0.15, 0.2) is 0 Å². The molecule has 0 aromatic carbocycles. The van der Waals surface area contributed by atoms with Gasteiger partial charge in [-0.2, -0.15) is 5.10 Å². The first-order valence-corrected chi connectivity index (χ1v) is 7.38. The molecular weight excluding hydrogens is 280 g/mol. The standard InChI is InChI=1S/C16H20N4O2/c1-11-8-13(4-5-17-11)15-10-20(6-7-22-15)16(21)14-9-19(3)18-12(14)2/h4-5,8-9,15H,6-7,10H2,1-3H3/t15-/m1/s1. The first-order chi connectivity index (χ1) is 10.5. The van der Waals surface area contributed by atoms with Gasteiger partial charge < -0.3 is 9.64 Å². The molecule has 116 valence electrons. The number of ether oxygens (including phenoxy) is 1. The molecule has 1 fully saturated rings. The number of pyridine rings is 1. The van der Waals surface area contributed by atoms with Crippen molar-refractivity contribution in [1.82, 2.24) is 19.7 Å². The molecule has 1 atom stereocenters. The van der Waals surface area contributed by atoms with E-state index in [1.54, 1.807) is 17.1 Å². The number of hydrogen-bond donors (Lipinski definition) is 0. The van der Waals surface area contributed by atoms with E-state index >= 15 is 0 Å². The van der Waals surface area contributed by atoms with Crippen LogP contribution in [0.2, 0.25) is 0 Å². The van der Waals surface area contributed by atoms with Crippen LogP contribution in [0.15, 0.2) is 24.5 Å². The highest BCUT2D eigenvalue weighted by Crippen LogP contribution is 2.23. The van der Waals surface area contributed by atoms with Gasteiger partial charge in [0.05, 0.1) is 24.4 Å². The summed E-state index contributed by atoms with van der Waals surface area (Å²) in [6.07, 6.45) is 3.45. The van der Waals surface area contributed by atoms with Crippen LogP contribution in [-0.4, -0.2) is 45.3 Å².